The van der Waals surface area contributed by atoms with Crippen molar-refractivity contribution in [3.63, 3.8) is 0 Å². The van der Waals surface area contributed by atoms with E-state index in [9.17, 15) is 17.9 Å². The molecule has 0 aromatic heterocycles. The van der Waals surface area contributed by atoms with Gasteiger partial charge in [-0.1, -0.05) is 0 Å². The van der Waals surface area contributed by atoms with Crippen molar-refractivity contribution in [2.45, 2.75) is 36.3 Å². The minimum atomic E-state index is -3.67. The highest BCUT2D eigenvalue weighted by atomic mass is 32.2. The predicted octanol–water partition coefficient (Wildman–Crippen LogP) is 1.02. The van der Waals surface area contributed by atoms with E-state index in [1.54, 1.807) is 0 Å². The summed E-state index contributed by atoms with van der Waals surface area (Å²) in [4.78, 5) is 0.0120. The van der Waals surface area contributed by atoms with Gasteiger partial charge in [-0.05, 0) is 43.5 Å². The van der Waals surface area contributed by atoms with E-state index in [1.807, 2.05) is 0 Å². The zero-order valence-corrected chi connectivity index (χ0v) is 9.95. The first-order valence-electron chi connectivity index (χ1n) is 5.45. The molecule has 2 atom stereocenters. The highest BCUT2D eigenvalue weighted by Gasteiger charge is 2.29. The van der Waals surface area contributed by atoms with Gasteiger partial charge in [-0.2, -0.15) is 0 Å². The van der Waals surface area contributed by atoms with Crippen LogP contribution in [0.4, 0.5) is 4.39 Å². The minimum Gasteiger partial charge on any atom is -0.391 e. The van der Waals surface area contributed by atoms with Crippen LogP contribution in [0.5, 0.6) is 0 Å². The number of aliphatic hydroxyl groups is 1. The van der Waals surface area contributed by atoms with E-state index >= 15 is 0 Å². The van der Waals surface area contributed by atoms with Gasteiger partial charge in [-0.25, -0.2) is 17.5 Å². The van der Waals surface area contributed by atoms with Crippen LogP contribution >= 0.6 is 0 Å². The van der Waals surface area contributed by atoms with Gasteiger partial charge in [0.1, 0.15) is 5.82 Å². The van der Waals surface area contributed by atoms with Crippen LogP contribution in [-0.4, -0.2) is 25.7 Å². The number of rotatable bonds is 3. The smallest absolute Gasteiger partial charge is 0.240 e. The second-order valence-corrected chi connectivity index (χ2v) is 5.89. The van der Waals surface area contributed by atoms with Gasteiger partial charge in [0.15, 0.2) is 0 Å². The molecule has 2 N–H and O–H groups in total. The average molecular weight is 259 g/mol. The summed E-state index contributed by atoms with van der Waals surface area (Å²) in [6.07, 6.45) is 1.40. The number of hydrogen-bond acceptors (Lipinski definition) is 3. The molecular formula is C11H14FNO3S. The fourth-order valence-corrected chi connectivity index (χ4v) is 3.26. The van der Waals surface area contributed by atoms with E-state index in [-0.39, 0.29) is 4.90 Å². The largest absolute Gasteiger partial charge is 0.391 e. The zero-order valence-electron chi connectivity index (χ0n) is 9.14. The fraction of sp³-hybridized carbons (Fsp3) is 0.455. The van der Waals surface area contributed by atoms with Crippen LogP contribution in [-0.2, 0) is 10.0 Å². The molecule has 0 bridgehead atoms. The third kappa shape index (κ3) is 2.83. The van der Waals surface area contributed by atoms with Crippen LogP contribution in [0.25, 0.3) is 0 Å². The molecule has 0 amide bonds. The number of aliphatic hydroxyl groups excluding tert-OH is 1. The molecule has 1 saturated carbocycles. The van der Waals surface area contributed by atoms with Gasteiger partial charge in [0.2, 0.25) is 10.0 Å². The van der Waals surface area contributed by atoms with Gasteiger partial charge in [-0.15, -0.1) is 0 Å². The first-order chi connectivity index (χ1) is 7.99. The van der Waals surface area contributed by atoms with Crippen molar-refractivity contribution in [3.8, 4) is 0 Å². The summed E-state index contributed by atoms with van der Waals surface area (Å²) < 4.78 is 38.9. The molecule has 1 aromatic carbocycles. The van der Waals surface area contributed by atoms with E-state index in [1.165, 1.54) is 12.1 Å². The molecule has 1 aliphatic carbocycles. The van der Waals surface area contributed by atoms with Gasteiger partial charge in [-0.3, -0.25) is 0 Å². The summed E-state index contributed by atoms with van der Waals surface area (Å²) in [5.74, 6) is -0.482. The number of halogens is 1. The Bertz CT molecular complexity index is 486. The topological polar surface area (TPSA) is 66.4 Å². The number of sulfonamides is 1. The van der Waals surface area contributed by atoms with Crippen LogP contribution in [0.1, 0.15) is 19.3 Å². The Morgan fingerprint density at radius 2 is 1.88 bits per heavy atom. The van der Waals surface area contributed by atoms with E-state index in [2.05, 4.69) is 4.72 Å². The second kappa shape index (κ2) is 4.72. The zero-order chi connectivity index (χ0) is 12.5. The van der Waals surface area contributed by atoms with Crippen molar-refractivity contribution in [3.05, 3.63) is 30.1 Å². The molecule has 0 saturated heterocycles. The molecule has 0 radical (unpaired) electrons. The summed E-state index contributed by atoms with van der Waals surface area (Å²) >= 11 is 0. The first kappa shape index (κ1) is 12.5. The summed E-state index contributed by atoms with van der Waals surface area (Å²) in [5.41, 5.74) is 0. The number of hydrogen-bond donors (Lipinski definition) is 2. The van der Waals surface area contributed by atoms with Gasteiger partial charge in [0.25, 0.3) is 0 Å². The Hall–Kier alpha value is -0.980. The van der Waals surface area contributed by atoms with Crippen LogP contribution in [0.3, 0.4) is 0 Å². The highest BCUT2D eigenvalue weighted by Crippen LogP contribution is 2.21. The van der Waals surface area contributed by atoms with Crippen LogP contribution in [0.2, 0.25) is 0 Å². The van der Waals surface area contributed by atoms with Crippen molar-refractivity contribution in [2.24, 2.45) is 0 Å². The minimum absolute atomic E-state index is 0.0120. The lowest BCUT2D eigenvalue weighted by atomic mass is 10.2. The molecule has 17 heavy (non-hydrogen) atoms. The fourth-order valence-electron chi connectivity index (χ4n) is 1.96. The number of benzene rings is 1. The summed E-state index contributed by atoms with van der Waals surface area (Å²) in [6.45, 7) is 0. The molecule has 6 heteroatoms. The first-order valence-corrected chi connectivity index (χ1v) is 6.93. The maximum absolute atomic E-state index is 12.7. The molecule has 4 nitrogen and oxygen atoms in total. The molecule has 1 aromatic rings. The molecule has 1 aliphatic rings. The summed E-state index contributed by atoms with van der Waals surface area (Å²) in [5, 5.41) is 9.56. The maximum Gasteiger partial charge on any atom is 0.240 e. The SMILES string of the molecule is O=S(=O)(N[C@@H]1CCC[C@H]1O)c1ccc(F)cc1. The summed E-state index contributed by atoms with van der Waals surface area (Å²) in [6, 6.07) is 4.17. The molecule has 2 rings (SSSR count). The van der Waals surface area contributed by atoms with Gasteiger partial charge >= 0.3 is 0 Å². The second-order valence-electron chi connectivity index (χ2n) is 4.18. The van der Waals surface area contributed by atoms with Crippen LogP contribution in [0.15, 0.2) is 29.2 Å². The van der Waals surface area contributed by atoms with Crippen LogP contribution in [0, 0.1) is 5.82 Å². The molecular weight excluding hydrogens is 245 g/mol. The molecule has 0 heterocycles. The normalized spacial score (nSPS) is 25.1. The third-order valence-corrected chi connectivity index (χ3v) is 4.42. The lowest BCUT2D eigenvalue weighted by Crippen LogP contribution is -2.39. The Kier molecular flexibility index (Phi) is 3.46. The van der Waals surface area contributed by atoms with Gasteiger partial charge < -0.3 is 5.11 Å². The average Bonchev–Trinajstić information content (AvgIpc) is 2.64. The Balaban J connectivity index is 2.16. The third-order valence-electron chi connectivity index (χ3n) is 2.91. The summed E-state index contributed by atoms with van der Waals surface area (Å²) in [7, 11) is -3.67. The van der Waals surface area contributed by atoms with Crippen molar-refractivity contribution >= 4 is 10.0 Å². The number of nitrogens with one attached hydrogen (secondary N) is 1. The van der Waals surface area contributed by atoms with E-state index < -0.39 is 28.0 Å². The van der Waals surface area contributed by atoms with Crippen LogP contribution < -0.4 is 4.72 Å². The van der Waals surface area contributed by atoms with E-state index in [4.69, 9.17) is 0 Å². The Morgan fingerprint density at radius 1 is 1.24 bits per heavy atom. The predicted molar refractivity (Wildman–Crippen MR) is 60.4 cm³/mol. The highest BCUT2D eigenvalue weighted by molar-refractivity contribution is 7.89. The standard InChI is InChI=1S/C11H14FNO3S/c12-8-4-6-9(7-5-8)17(15,16)13-10-2-1-3-11(10)14/h4-7,10-11,13-14H,1-3H2/t10-,11-/m1/s1. The monoisotopic (exact) mass is 259 g/mol. The van der Waals surface area contributed by atoms with E-state index in [0.717, 1.165) is 18.6 Å². The molecule has 1 fully saturated rings. The maximum atomic E-state index is 12.7. The molecule has 0 aliphatic heterocycles. The van der Waals surface area contributed by atoms with Gasteiger partial charge in [0, 0.05) is 6.04 Å². The Morgan fingerprint density at radius 3 is 2.41 bits per heavy atom. The van der Waals surface area contributed by atoms with Crippen molar-refractivity contribution < 1.29 is 17.9 Å². The quantitative estimate of drug-likeness (QED) is 0.851. The van der Waals surface area contributed by atoms with Crippen molar-refractivity contribution in [1.29, 1.82) is 0 Å². The Labute approximate surface area is 99.5 Å². The van der Waals surface area contributed by atoms with Crippen molar-refractivity contribution in [1.82, 2.24) is 4.72 Å². The van der Waals surface area contributed by atoms with E-state index in [0.29, 0.717) is 12.8 Å². The molecule has 0 spiro atoms. The van der Waals surface area contributed by atoms with Crippen molar-refractivity contribution in [2.75, 3.05) is 0 Å². The lowest BCUT2D eigenvalue weighted by molar-refractivity contribution is 0.159. The lowest BCUT2D eigenvalue weighted by Gasteiger charge is -2.16. The molecule has 94 valence electrons. The van der Waals surface area contributed by atoms with Gasteiger partial charge in [0.05, 0.1) is 11.0 Å². The molecule has 0 unspecified atom stereocenters.